The molecule has 1 N–H and O–H groups in total. The lowest BCUT2D eigenvalue weighted by atomic mass is 10.0. The zero-order chi connectivity index (χ0) is 20.3. The number of nitrogens with zero attached hydrogens (tertiary/aromatic N) is 2. The molecule has 28 heavy (non-hydrogen) atoms. The molecule has 0 aliphatic carbocycles. The molecule has 1 fully saturated rings. The summed E-state index contributed by atoms with van der Waals surface area (Å²) in [5.74, 6) is -0.170. The molecule has 2 aromatic carbocycles. The van der Waals surface area contributed by atoms with Crippen LogP contribution in [0.4, 0.5) is 15.8 Å². The Kier molecular flexibility index (Phi) is 5.95. The fourth-order valence-electron chi connectivity index (χ4n) is 3.32. The quantitative estimate of drug-likeness (QED) is 0.581. The summed E-state index contributed by atoms with van der Waals surface area (Å²) in [7, 11) is -3.80. The van der Waals surface area contributed by atoms with Crippen LogP contribution in [0.25, 0.3) is 0 Å². The van der Waals surface area contributed by atoms with Gasteiger partial charge in [0.25, 0.3) is 5.69 Å². The average molecular weight is 407 g/mol. The van der Waals surface area contributed by atoms with E-state index in [4.69, 9.17) is 0 Å². The molecule has 0 aromatic heterocycles. The first kappa shape index (κ1) is 20.2. The third-order valence-electron chi connectivity index (χ3n) is 4.85. The van der Waals surface area contributed by atoms with Crippen molar-refractivity contribution in [2.75, 3.05) is 18.4 Å². The van der Waals surface area contributed by atoms with Gasteiger partial charge in [-0.1, -0.05) is 25.1 Å². The van der Waals surface area contributed by atoms with Gasteiger partial charge in [0.15, 0.2) is 0 Å². The molecule has 1 saturated heterocycles. The molecule has 1 aliphatic heterocycles. The summed E-state index contributed by atoms with van der Waals surface area (Å²) >= 11 is 0. The van der Waals surface area contributed by atoms with Crippen LogP contribution < -0.4 is 5.32 Å². The minimum atomic E-state index is -3.80. The monoisotopic (exact) mass is 407 g/mol. The van der Waals surface area contributed by atoms with Crippen molar-refractivity contribution >= 4 is 21.4 Å². The van der Waals surface area contributed by atoms with Gasteiger partial charge in [-0.25, -0.2) is 12.8 Å². The fraction of sp³-hybridized carbons (Fsp3) is 0.368. The number of halogens is 1. The Bertz CT molecular complexity index is 981. The number of nitro groups is 1. The SMILES string of the molecule is C[C@@H]1CCCN(S(=O)(=O)c2ccc(NCc3ccccc3F)c([N+](=O)[O-])c2)C1. The van der Waals surface area contributed by atoms with Crippen LogP contribution in [-0.4, -0.2) is 30.7 Å². The van der Waals surface area contributed by atoms with Gasteiger partial charge in [-0.3, -0.25) is 10.1 Å². The standard InChI is InChI=1S/C19H22FN3O4S/c1-14-5-4-10-22(13-14)28(26,27)16-8-9-18(19(11-16)23(24)25)21-12-15-6-2-3-7-17(15)20/h2-3,6-9,11,14,21H,4-5,10,12-13H2,1H3/t14-/m1/s1. The first-order valence-electron chi connectivity index (χ1n) is 9.05. The highest BCUT2D eigenvalue weighted by molar-refractivity contribution is 7.89. The van der Waals surface area contributed by atoms with Gasteiger partial charge in [0.05, 0.1) is 9.82 Å². The van der Waals surface area contributed by atoms with E-state index in [1.54, 1.807) is 18.2 Å². The van der Waals surface area contributed by atoms with Crippen LogP contribution >= 0.6 is 0 Å². The third-order valence-corrected chi connectivity index (χ3v) is 6.71. The maximum atomic E-state index is 13.8. The largest absolute Gasteiger partial charge is 0.375 e. The molecule has 1 heterocycles. The molecule has 1 atom stereocenters. The number of nitrogens with one attached hydrogen (secondary N) is 1. The summed E-state index contributed by atoms with van der Waals surface area (Å²) in [5, 5.41) is 14.3. The lowest BCUT2D eigenvalue weighted by Crippen LogP contribution is -2.39. The highest BCUT2D eigenvalue weighted by Crippen LogP contribution is 2.31. The van der Waals surface area contributed by atoms with E-state index >= 15 is 0 Å². The van der Waals surface area contributed by atoms with Crippen molar-refractivity contribution in [3.05, 3.63) is 64.0 Å². The van der Waals surface area contributed by atoms with E-state index in [1.165, 1.54) is 22.5 Å². The van der Waals surface area contributed by atoms with Gasteiger partial charge >= 0.3 is 0 Å². The zero-order valence-electron chi connectivity index (χ0n) is 15.5. The summed E-state index contributed by atoms with van der Waals surface area (Å²) in [6.07, 6.45) is 1.73. The highest BCUT2D eigenvalue weighted by atomic mass is 32.2. The van der Waals surface area contributed by atoms with Crippen LogP contribution in [0.15, 0.2) is 47.4 Å². The first-order chi connectivity index (χ1) is 13.3. The number of rotatable bonds is 6. The third kappa shape index (κ3) is 4.31. The van der Waals surface area contributed by atoms with Crippen molar-refractivity contribution in [3.63, 3.8) is 0 Å². The summed E-state index contributed by atoms with van der Waals surface area (Å²) < 4.78 is 40.9. The molecule has 0 unspecified atom stereocenters. The number of piperidine rings is 1. The molecule has 1 aliphatic rings. The topological polar surface area (TPSA) is 92.6 Å². The van der Waals surface area contributed by atoms with Crippen LogP contribution in [0, 0.1) is 21.8 Å². The van der Waals surface area contributed by atoms with Gasteiger partial charge in [-0.05, 0) is 37.0 Å². The first-order valence-corrected chi connectivity index (χ1v) is 10.5. The number of hydrogen-bond donors (Lipinski definition) is 1. The predicted octanol–water partition coefficient (Wildman–Crippen LogP) is 3.77. The molecule has 0 amide bonds. The Hall–Kier alpha value is -2.52. The molecule has 7 nitrogen and oxygen atoms in total. The second-order valence-electron chi connectivity index (χ2n) is 6.99. The maximum absolute atomic E-state index is 13.8. The van der Waals surface area contributed by atoms with E-state index in [2.05, 4.69) is 5.32 Å². The Morgan fingerprint density at radius 3 is 2.71 bits per heavy atom. The fourth-order valence-corrected chi connectivity index (χ4v) is 4.94. The van der Waals surface area contributed by atoms with E-state index < -0.39 is 20.8 Å². The summed E-state index contributed by atoms with van der Waals surface area (Å²) in [6, 6.07) is 9.89. The van der Waals surface area contributed by atoms with Crippen LogP contribution in [-0.2, 0) is 16.6 Å². The van der Waals surface area contributed by atoms with Crippen molar-refractivity contribution in [2.45, 2.75) is 31.2 Å². The van der Waals surface area contributed by atoms with Crippen molar-refractivity contribution in [3.8, 4) is 0 Å². The Balaban J connectivity index is 1.86. The number of hydrogen-bond acceptors (Lipinski definition) is 5. The molecule has 0 spiro atoms. The van der Waals surface area contributed by atoms with Crippen molar-refractivity contribution in [1.82, 2.24) is 4.31 Å². The van der Waals surface area contributed by atoms with Gasteiger partial charge in [-0.15, -0.1) is 0 Å². The van der Waals surface area contributed by atoms with E-state index in [-0.39, 0.29) is 28.7 Å². The van der Waals surface area contributed by atoms with E-state index in [0.717, 1.165) is 18.9 Å². The van der Waals surface area contributed by atoms with E-state index in [0.29, 0.717) is 18.7 Å². The normalized spacial score (nSPS) is 18.0. The number of benzene rings is 2. The second kappa shape index (κ2) is 8.24. The van der Waals surface area contributed by atoms with Gasteiger partial charge in [-0.2, -0.15) is 4.31 Å². The summed E-state index contributed by atoms with van der Waals surface area (Å²) in [6.45, 7) is 2.85. The van der Waals surface area contributed by atoms with Gasteiger partial charge < -0.3 is 5.32 Å². The van der Waals surface area contributed by atoms with Gasteiger partial charge in [0.2, 0.25) is 10.0 Å². The Morgan fingerprint density at radius 2 is 2.04 bits per heavy atom. The van der Waals surface area contributed by atoms with Crippen LogP contribution in [0.5, 0.6) is 0 Å². The zero-order valence-corrected chi connectivity index (χ0v) is 16.3. The van der Waals surface area contributed by atoms with Crippen LogP contribution in [0.1, 0.15) is 25.3 Å². The Morgan fingerprint density at radius 1 is 1.29 bits per heavy atom. The van der Waals surface area contributed by atoms with Crippen molar-refractivity contribution in [1.29, 1.82) is 0 Å². The lowest BCUT2D eigenvalue weighted by molar-refractivity contribution is -0.384. The molecule has 0 bridgehead atoms. The van der Waals surface area contributed by atoms with Crippen LogP contribution in [0.3, 0.4) is 0 Å². The molecule has 0 radical (unpaired) electrons. The average Bonchev–Trinajstić information content (AvgIpc) is 2.67. The maximum Gasteiger partial charge on any atom is 0.293 e. The summed E-state index contributed by atoms with van der Waals surface area (Å²) in [5.41, 5.74) is 0.137. The number of sulfonamides is 1. The second-order valence-corrected chi connectivity index (χ2v) is 8.93. The molecule has 9 heteroatoms. The van der Waals surface area contributed by atoms with Crippen LogP contribution in [0.2, 0.25) is 0 Å². The smallest absolute Gasteiger partial charge is 0.293 e. The number of nitro benzene ring substituents is 1. The number of anilines is 1. The molecule has 3 rings (SSSR count). The molecule has 150 valence electrons. The molecular weight excluding hydrogens is 385 g/mol. The van der Waals surface area contributed by atoms with Crippen molar-refractivity contribution in [2.24, 2.45) is 5.92 Å². The predicted molar refractivity (Wildman–Crippen MR) is 104 cm³/mol. The van der Waals surface area contributed by atoms with Gasteiger partial charge in [0, 0.05) is 31.3 Å². The minimum Gasteiger partial charge on any atom is -0.375 e. The molecule has 0 saturated carbocycles. The lowest BCUT2D eigenvalue weighted by Gasteiger charge is -2.30. The molecular formula is C19H22FN3O4S. The van der Waals surface area contributed by atoms with E-state index in [9.17, 15) is 22.9 Å². The highest BCUT2D eigenvalue weighted by Gasteiger charge is 2.30. The Labute approximate surface area is 163 Å². The molecule has 2 aromatic rings. The van der Waals surface area contributed by atoms with Crippen molar-refractivity contribution < 1.29 is 17.7 Å². The summed E-state index contributed by atoms with van der Waals surface area (Å²) in [4.78, 5) is 10.7. The minimum absolute atomic E-state index is 0.0449. The van der Waals surface area contributed by atoms with Gasteiger partial charge in [0.1, 0.15) is 11.5 Å². The van der Waals surface area contributed by atoms with E-state index in [1.807, 2.05) is 6.92 Å².